The lowest BCUT2D eigenvalue weighted by atomic mass is 9.87. The molecule has 5 heteroatoms. The molecular formula is C13H25BN2O2. The molecule has 1 heterocycles. The van der Waals surface area contributed by atoms with Crippen LogP contribution in [0.5, 0.6) is 0 Å². The smallest absolute Gasteiger partial charge is 0.323 e. The minimum atomic E-state index is -1.08. The number of carboxylic acids is 1. The molecule has 1 aliphatic rings. The molecule has 0 aromatic carbocycles. The van der Waals surface area contributed by atoms with E-state index in [9.17, 15) is 9.90 Å². The second-order valence-corrected chi connectivity index (χ2v) is 5.36. The second-order valence-electron chi connectivity index (χ2n) is 5.36. The summed E-state index contributed by atoms with van der Waals surface area (Å²) in [5.41, 5.74) is 4.95. The molecule has 1 fully saturated rings. The first-order valence-corrected chi connectivity index (χ1v) is 7.03. The van der Waals surface area contributed by atoms with Crippen molar-refractivity contribution in [3.8, 4) is 0 Å². The molecule has 2 radical (unpaired) electrons. The average molecular weight is 252 g/mol. The number of aliphatic carboxylic acids is 1. The Labute approximate surface area is 111 Å². The third-order valence-electron chi connectivity index (χ3n) is 3.83. The van der Waals surface area contributed by atoms with Gasteiger partial charge in [-0.15, -0.1) is 0 Å². The summed E-state index contributed by atoms with van der Waals surface area (Å²) in [6.07, 6.45) is 7.02. The van der Waals surface area contributed by atoms with Crippen LogP contribution in [0.1, 0.15) is 44.9 Å². The van der Waals surface area contributed by atoms with E-state index in [0.29, 0.717) is 19.2 Å². The van der Waals surface area contributed by atoms with E-state index < -0.39 is 11.5 Å². The molecule has 0 spiro atoms. The molecule has 3 N–H and O–H groups in total. The van der Waals surface area contributed by atoms with E-state index in [1.54, 1.807) is 0 Å². The number of rotatable bonds is 8. The number of carboxylic acid groups (broad SMARTS) is 1. The van der Waals surface area contributed by atoms with Crippen LogP contribution in [-0.2, 0) is 4.79 Å². The normalized spacial score (nSPS) is 20.5. The number of hydrogen-bond donors (Lipinski definition) is 2. The molecule has 1 unspecified atom stereocenters. The van der Waals surface area contributed by atoms with Gasteiger partial charge in [0.05, 0.1) is 7.85 Å². The van der Waals surface area contributed by atoms with Gasteiger partial charge in [-0.05, 0) is 38.8 Å². The number of nitrogens with two attached hydrogens (primary N) is 1. The lowest BCUT2D eigenvalue weighted by molar-refractivity contribution is -0.144. The summed E-state index contributed by atoms with van der Waals surface area (Å²) < 4.78 is 0. The fourth-order valence-corrected chi connectivity index (χ4v) is 2.46. The zero-order chi connectivity index (χ0) is 13.4. The van der Waals surface area contributed by atoms with Crippen LogP contribution in [0.2, 0.25) is 6.32 Å². The van der Waals surface area contributed by atoms with Crippen LogP contribution < -0.4 is 5.73 Å². The number of hydrogen-bond acceptors (Lipinski definition) is 3. The fraction of sp³-hybridized carbons (Fsp3) is 0.923. The molecule has 0 aromatic rings. The van der Waals surface area contributed by atoms with Crippen molar-refractivity contribution in [2.75, 3.05) is 19.6 Å². The van der Waals surface area contributed by atoms with Gasteiger partial charge >= 0.3 is 5.97 Å². The van der Waals surface area contributed by atoms with Crippen molar-refractivity contribution >= 4 is 13.8 Å². The van der Waals surface area contributed by atoms with Crippen LogP contribution in [0.25, 0.3) is 0 Å². The summed E-state index contributed by atoms with van der Waals surface area (Å²) in [7, 11) is 5.43. The maximum absolute atomic E-state index is 11.3. The zero-order valence-electron chi connectivity index (χ0n) is 11.2. The first kappa shape index (κ1) is 15.5. The largest absolute Gasteiger partial charge is 0.480 e. The summed E-state index contributed by atoms with van der Waals surface area (Å²) >= 11 is 0. The van der Waals surface area contributed by atoms with Gasteiger partial charge in [0.25, 0.3) is 0 Å². The van der Waals surface area contributed by atoms with Gasteiger partial charge < -0.3 is 15.7 Å². The molecule has 4 nitrogen and oxygen atoms in total. The van der Waals surface area contributed by atoms with Crippen LogP contribution in [0.15, 0.2) is 0 Å². The van der Waals surface area contributed by atoms with Gasteiger partial charge in [-0.3, -0.25) is 4.79 Å². The van der Waals surface area contributed by atoms with E-state index in [-0.39, 0.29) is 0 Å². The predicted octanol–water partition coefficient (Wildman–Crippen LogP) is 1.40. The minimum absolute atomic E-state index is 0.521. The van der Waals surface area contributed by atoms with E-state index >= 15 is 0 Å². The number of piperidine rings is 1. The first-order valence-electron chi connectivity index (χ1n) is 7.03. The Morgan fingerprint density at radius 1 is 1.22 bits per heavy atom. The van der Waals surface area contributed by atoms with Crippen LogP contribution in [0, 0.1) is 0 Å². The molecule has 0 aliphatic carbocycles. The molecule has 1 aliphatic heterocycles. The number of unbranched alkanes of at least 4 members (excludes halogenated alkanes) is 1. The highest BCUT2D eigenvalue weighted by molar-refractivity contribution is 6.08. The SMILES string of the molecule is [B]CCCCC(N)(CCN1CCCCC1)C(=O)O. The molecule has 0 bridgehead atoms. The highest BCUT2D eigenvalue weighted by atomic mass is 16.4. The molecular weight excluding hydrogens is 227 g/mol. The van der Waals surface area contributed by atoms with Gasteiger partial charge in [0.15, 0.2) is 0 Å². The monoisotopic (exact) mass is 252 g/mol. The number of carbonyl (C=O) groups is 1. The predicted molar refractivity (Wildman–Crippen MR) is 73.9 cm³/mol. The molecule has 0 aromatic heterocycles. The van der Waals surface area contributed by atoms with Gasteiger partial charge in [0.2, 0.25) is 0 Å². The average Bonchev–Trinajstić information content (AvgIpc) is 2.38. The third kappa shape index (κ3) is 4.98. The molecule has 0 saturated carbocycles. The van der Waals surface area contributed by atoms with Gasteiger partial charge in [0.1, 0.15) is 5.54 Å². The van der Waals surface area contributed by atoms with Crippen molar-refractivity contribution in [2.24, 2.45) is 5.73 Å². The van der Waals surface area contributed by atoms with Crippen LogP contribution in [0.3, 0.4) is 0 Å². The lowest BCUT2D eigenvalue weighted by Crippen LogP contribution is -2.50. The topological polar surface area (TPSA) is 66.6 Å². The van der Waals surface area contributed by atoms with E-state index in [1.807, 2.05) is 0 Å². The Balaban J connectivity index is 2.37. The quantitative estimate of drug-likeness (QED) is 0.506. The van der Waals surface area contributed by atoms with Crippen LogP contribution >= 0.6 is 0 Å². The summed E-state index contributed by atoms with van der Waals surface area (Å²) in [5.74, 6) is -0.878. The Bertz CT molecular complexity index is 257. The minimum Gasteiger partial charge on any atom is -0.480 e. The Kier molecular flexibility index (Phi) is 6.72. The van der Waals surface area contributed by atoms with E-state index in [1.165, 1.54) is 19.3 Å². The van der Waals surface area contributed by atoms with Crippen LogP contribution in [-0.4, -0.2) is 49.0 Å². The maximum atomic E-state index is 11.3. The number of nitrogens with zero attached hydrogens (tertiary/aromatic N) is 1. The molecule has 1 saturated heterocycles. The zero-order valence-corrected chi connectivity index (χ0v) is 11.2. The van der Waals surface area contributed by atoms with Crippen LogP contribution in [0.4, 0.5) is 0 Å². The van der Waals surface area contributed by atoms with Crippen molar-refractivity contribution < 1.29 is 9.90 Å². The number of likely N-dealkylation sites (tertiary alicyclic amines) is 1. The van der Waals surface area contributed by atoms with Crippen molar-refractivity contribution in [1.82, 2.24) is 4.90 Å². The highest BCUT2D eigenvalue weighted by Gasteiger charge is 2.33. The van der Waals surface area contributed by atoms with Gasteiger partial charge in [-0.25, -0.2) is 0 Å². The van der Waals surface area contributed by atoms with Crippen molar-refractivity contribution in [3.05, 3.63) is 0 Å². The molecule has 102 valence electrons. The summed E-state index contributed by atoms with van der Waals surface area (Å²) in [5, 5.41) is 9.29. The first-order chi connectivity index (χ1) is 8.58. The van der Waals surface area contributed by atoms with Gasteiger partial charge in [-0.1, -0.05) is 25.6 Å². The lowest BCUT2D eigenvalue weighted by Gasteiger charge is -2.31. The standard InChI is InChI=1S/C13H25BN2O2/c14-8-3-2-6-13(15,12(17)18)7-11-16-9-4-1-5-10-16/h1-11,15H2,(H,17,18). The van der Waals surface area contributed by atoms with Crippen molar-refractivity contribution in [1.29, 1.82) is 0 Å². The second kappa shape index (κ2) is 7.79. The molecule has 1 rings (SSSR count). The van der Waals surface area contributed by atoms with Crippen molar-refractivity contribution in [3.63, 3.8) is 0 Å². The Morgan fingerprint density at radius 2 is 1.89 bits per heavy atom. The Morgan fingerprint density at radius 3 is 2.44 bits per heavy atom. The fourth-order valence-electron chi connectivity index (χ4n) is 2.46. The Hall–Kier alpha value is -0.545. The van der Waals surface area contributed by atoms with Crippen molar-refractivity contribution in [2.45, 2.75) is 56.8 Å². The molecule has 18 heavy (non-hydrogen) atoms. The van der Waals surface area contributed by atoms with Gasteiger partial charge in [0, 0.05) is 6.54 Å². The van der Waals surface area contributed by atoms with E-state index in [0.717, 1.165) is 32.5 Å². The van der Waals surface area contributed by atoms with E-state index in [4.69, 9.17) is 13.6 Å². The summed E-state index contributed by atoms with van der Waals surface area (Å²) in [6.45, 7) is 2.96. The molecule has 0 amide bonds. The molecule has 1 atom stereocenters. The summed E-state index contributed by atoms with van der Waals surface area (Å²) in [4.78, 5) is 13.6. The highest BCUT2D eigenvalue weighted by Crippen LogP contribution is 2.19. The maximum Gasteiger partial charge on any atom is 0.323 e. The summed E-state index contributed by atoms with van der Waals surface area (Å²) in [6, 6.07) is 0. The van der Waals surface area contributed by atoms with Gasteiger partial charge in [-0.2, -0.15) is 0 Å². The third-order valence-corrected chi connectivity index (χ3v) is 3.83. The van der Waals surface area contributed by atoms with E-state index in [2.05, 4.69) is 4.90 Å².